The highest BCUT2D eigenvalue weighted by atomic mass is 16.1. The Kier molecular flexibility index (Phi) is 1.58. The zero-order valence-corrected chi connectivity index (χ0v) is 3.99. The van der Waals surface area contributed by atoms with Crippen LogP contribution in [-0.4, -0.2) is 6.26 Å². The highest BCUT2D eigenvalue weighted by Gasteiger charge is 1.66. The molecule has 0 saturated carbocycles. The van der Waals surface area contributed by atoms with Crippen LogP contribution < -0.4 is 0 Å². The molecule has 0 aliphatic heterocycles. The van der Waals surface area contributed by atoms with Gasteiger partial charge in [0.1, 0.15) is 7.63 Å². The van der Waals surface area contributed by atoms with Gasteiger partial charge in [-0.3, -0.25) is 4.79 Å². The van der Waals surface area contributed by atoms with Gasteiger partial charge in [-0.25, -0.2) is 0 Å². The minimum absolute atomic E-state index is 0.625. The van der Waals surface area contributed by atoms with Gasteiger partial charge in [-0.15, -0.1) is 0 Å². The molecule has 0 radical (unpaired) electrons. The van der Waals surface area contributed by atoms with E-state index < -0.39 is 6.26 Å². The van der Waals surface area contributed by atoms with E-state index in [0.29, 0.717) is 0 Å². The van der Waals surface area contributed by atoms with Crippen molar-refractivity contribution in [2.24, 2.45) is 0 Å². The third kappa shape index (κ3) is 3.41. The molecule has 0 aromatic rings. The zero-order chi connectivity index (χ0) is 5.86. The maximum Gasteiger partial charge on any atom is 0.142 e. The lowest BCUT2D eigenvalue weighted by molar-refractivity contribution is -0.104. The molecule has 0 aliphatic carbocycles. The van der Waals surface area contributed by atoms with E-state index in [9.17, 15) is 4.79 Å². The highest BCUT2D eigenvalue weighted by molar-refractivity contribution is 5.65. The largest absolute Gasteiger partial charge is 0.299 e. The van der Waals surface area contributed by atoms with Crippen LogP contribution >= 0.6 is 0 Å². The van der Waals surface area contributed by atoms with Crippen molar-refractivity contribution in [3.8, 4) is 0 Å². The molecular weight excluding hydrogens is 76.1 g/mol. The van der Waals surface area contributed by atoms with Gasteiger partial charge < -0.3 is 0 Å². The number of carbonyl (C=O) groups is 1. The summed E-state index contributed by atoms with van der Waals surface area (Å²) in [6, 6.07) is 0. The van der Waals surface area contributed by atoms with Gasteiger partial charge in [-0.05, 0) is 19.9 Å². The second-order valence-corrected chi connectivity index (χ2v) is 1.34. The normalized spacial score (nSPS) is 9.33. The third-order valence-corrected chi connectivity index (χ3v) is 0.348. The molecule has 0 unspecified atom stereocenters. The number of rotatable bonds is 1. The second-order valence-electron chi connectivity index (χ2n) is 1.34. The van der Waals surface area contributed by atoms with Crippen LogP contribution in [0.15, 0.2) is 11.6 Å². The fourth-order valence-corrected chi connectivity index (χ4v) is 0.118. The molecule has 1 nitrogen and oxygen atoms in total. The Bertz CT molecular complexity index is 101. The summed E-state index contributed by atoms with van der Waals surface area (Å²) in [7, 11) is 0. The summed E-state index contributed by atoms with van der Waals surface area (Å²) in [5.74, 6) is 0. The minimum atomic E-state index is -0.625. The van der Waals surface area contributed by atoms with E-state index in [2.05, 4.69) is 0 Å². The van der Waals surface area contributed by atoms with E-state index in [1.54, 1.807) is 13.8 Å². The molecule has 1 heteroatoms. The van der Waals surface area contributed by atoms with Gasteiger partial charge in [0.25, 0.3) is 0 Å². The first-order valence-corrected chi connectivity index (χ1v) is 1.78. The monoisotopic (exact) mass is 85.1 g/mol. The van der Waals surface area contributed by atoms with Gasteiger partial charge in [0.15, 0.2) is 0 Å². The van der Waals surface area contributed by atoms with Crippen LogP contribution in [0.2, 0.25) is 0 Å². The summed E-state index contributed by atoms with van der Waals surface area (Å²) in [4.78, 5) is 9.84. The number of aldehydes is 1. The first-order valence-electron chi connectivity index (χ1n) is 2.28. The third-order valence-electron chi connectivity index (χ3n) is 0.348. The van der Waals surface area contributed by atoms with Crippen molar-refractivity contribution in [1.29, 1.82) is 0 Å². The van der Waals surface area contributed by atoms with Crippen molar-refractivity contribution in [3.05, 3.63) is 11.6 Å². The lowest BCUT2D eigenvalue weighted by atomic mass is 10.3. The van der Waals surface area contributed by atoms with Crippen LogP contribution in [0.5, 0.6) is 0 Å². The molecule has 0 fully saturated rings. The molecule has 0 aliphatic rings. The average Bonchev–Trinajstić information content (AvgIpc) is 1.27. The van der Waals surface area contributed by atoms with E-state index in [0.717, 1.165) is 5.57 Å². The number of hydrogen-bond donors (Lipinski definition) is 0. The highest BCUT2D eigenvalue weighted by Crippen LogP contribution is 1.81. The fraction of sp³-hybridized carbons (Fsp3) is 0.400. The Balaban J connectivity index is 3.68. The molecule has 0 aromatic heterocycles. The van der Waals surface area contributed by atoms with Gasteiger partial charge >= 0.3 is 0 Å². The van der Waals surface area contributed by atoms with Crippen LogP contribution in [-0.2, 0) is 4.79 Å². The first-order chi connectivity index (χ1) is 3.13. The molecule has 0 rings (SSSR count). The van der Waals surface area contributed by atoms with Crippen molar-refractivity contribution in [1.82, 2.24) is 0 Å². The van der Waals surface area contributed by atoms with E-state index >= 15 is 0 Å². The Morgan fingerprint density at radius 1 is 1.83 bits per heavy atom. The molecule has 0 amide bonds. The van der Waals surface area contributed by atoms with E-state index in [-0.39, 0.29) is 0 Å². The molecule has 0 N–H and O–H groups in total. The van der Waals surface area contributed by atoms with Crippen LogP contribution in [0, 0.1) is 0 Å². The lowest BCUT2D eigenvalue weighted by Gasteiger charge is -1.73. The summed E-state index contributed by atoms with van der Waals surface area (Å²) in [5.41, 5.74) is 0.875. The SMILES string of the molecule is [2H]C(=O)C=C(C)C. The van der Waals surface area contributed by atoms with Crippen molar-refractivity contribution < 1.29 is 6.17 Å². The molecule has 34 valence electrons. The number of hydrogen-bond acceptors (Lipinski definition) is 1. The van der Waals surface area contributed by atoms with E-state index in [4.69, 9.17) is 1.37 Å². The van der Waals surface area contributed by atoms with Gasteiger partial charge in [0.05, 0.1) is 0 Å². The summed E-state index contributed by atoms with van der Waals surface area (Å²) < 4.78 is 6.39. The Morgan fingerprint density at radius 3 is 2.33 bits per heavy atom. The Morgan fingerprint density at radius 2 is 2.33 bits per heavy atom. The molecule has 6 heavy (non-hydrogen) atoms. The van der Waals surface area contributed by atoms with Crippen molar-refractivity contribution >= 4 is 6.26 Å². The smallest absolute Gasteiger partial charge is 0.142 e. The summed E-state index contributed by atoms with van der Waals surface area (Å²) >= 11 is 0. The summed E-state index contributed by atoms with van der Waals surface area (Å²) in [6.07, 6.45) is 0.653. The molecule has 0 spiro atoms. The molecule has 0 atom stereocenters. The quantitative estimate of drug-likeness (QED) is 0.345. The fourth-order valence-electron chi connectivity index (χ4n) is 0.118. The zero-order valence-electron chi connectivity index (χ0n) is 4.99. The van der Waals surface area contributed by atoms with Gasteiger partial charge in [-0.1, -0.05) is 5.57 Å². The Hall–Kier alpha value is -0.590. The number of carbonyl (C=O) groups excluding carboxylic acids is 1. The predicted octanol–water partition coefficient (Wildman–Crippen LogP) is 1.15. The maximum absolute atomic E-state index is 9.84. The van der Waals surface area contributed by atoms with Crippen LogP contribution in [0.1, 0.15) is 15.2 Å². The van der Waals surface area contributed by atoms with E-state index in [1.165, 1.54) is 6.08 Å². The first kappa shape index (κ1) is 3.59. The minimum Gasteiger partial charge on any atom is -0.299 e. The molecule has 0 bridgehead atoms. The van der Waals surface area contributed by atoms with Crippen molar-refractivity contribution in [3.63, 3.8) is 0 Å². The summed E-state index contributed by atoms with van der Waals surface area (Å²) in [6.45, 7) is 3.57. The van der Waals surface area contributed by atoms with Gasteiger partial charge in [0.2, 0.25) is 0 Å². The van der Waals surface area contributed by atoms with Gasteiger partial charge in [-0.2, -0.15) is 0 Å². The van der Waals surface area contributed by atoms with Crippen molar-refractivity contribution in [2.45, 2.75) is 13.8 Å². The van der Waals surface area contributed by atoms with E-state index in [1.807, 2.05) is 0 Å². The molecule has 0 saturated heterocycles. The molecule has 0 heterocycles. The topological polar surface area (TPSA) is 17.1 Å². The van der Waals surface area contributed by atoms with Crippen LogP contribution in [0.4, 0.5) is 0 Å². The standard InChI is InChI=1S/C5H8O/c1-5(2)3-4-6/h3-4H,1-2H3/i4D. The average molecular weight is 85.1 g/mol. The van der Waals surface area contributed by atoms with Crippen LogP contribution in [0.25, 0.3) is 0 Å². The second kappa shape index (κ2) is 2.64. The Labute approximate surface area is 39.1 Å². The maximum atomic E-state index is 9.84. The van der Waals surface area contributed by atoms with Crippen molar-refractivity contribution in [2.75, 3.05) is 0 Å². The number of allylic oxidation sites excluding steroid dienone is 2. The molecular formula is C5H8O. The van der Waals surface area contributed by atoms with Crippen LogP contribution in [0.3, 0.4) is 0 Å². The predicted molar refractivity (Wildman–Crippen MR) is 25.5 cm³/mol. The van der Waals surface area contributed by atoms with Gasteiger partial charge in [0, 0.05) is 0 Å². The lowest BCUT2D eigenvalue weighted by Crippen LogP contribution is -1.62. The molecule has 0 aromatic carbocycles. The summed E-state index contributed by atoms with van der Waals surface area (Å²) in [5, 5.41) is 0.